The summed E-state index contributed by atoms with van der Waals surface area (Å²) in [6, 6.07) is 11.9. The molecule has 1 saturated heterocycles. The van der Waals surface area contributed by atoms with E-state index in [9.17, 15) is 13.2 Å². The Kier molecular flexibility index (Phi) is 7.53. The maximum Gasteiger partial charge on any atom is 0.251 e. The van der Waals surface area contributed by atoms with Crippen LogP contribution in [-0.4, -0.2) is 59.2 Å². The molecule has 0 aliphatic carbocycles. The van der Waals surface area contributed by atoms with Gasteiger partial charge >= 0.3 is 0 Å². The fourth-order valence-corrected chi connectivity index (χ4v) is 4.87. The van der Waals surface area contributed by atoms with Crippen LogP contribution in [0.15, 0.2) is 42.5 Å². The molecule has 0 radical (unpaired) electrons. The third-order valence-electron chi connectivity index (χ3n) is 5.18. The molecule has 1 amide bonds. The summed E-state index contributed by atoms with van der Waals surface area (Å²) in [5.74, 6) is 0.862. The summed E-state index contributed by atoms with van der Waals surface area (Å²) in [6.07, 6.45) is 0. The van der Waals surface area contributed by atoms with Crippen molar-refractivity contribution < 1.29 is 27.4 Å². The molecule has 1 aliphatic rings. The minimum Gasteiger partial charge on any atom is -0.493 e. The van der Waals surface area contributed by atoms with Crippen LogP contribution in [-0.2, 0) is 20.5 Å². The highest BCUT2D eigenvalue weighted by Gasteiger charge is 2.24. The van der Waals surface area contributed by atoms with Gasteiger partial charge in [-0.3, -0.25) is 4.79 Å². The molecule has 2 aromatic carbocycles. The first-order valence-corrected chi connectivity index (χ1v) is 11.6. The maximum absolute atomic E-state index is 12.6. The second-order valence-corrected chi connectivity index (χ2v) is 9.24. The predicted molar refractivity (Wildman–Crippen MR) is 117 cm³/mol. The zero-order valence-corrected chi connectivity index (χ0v) is 18.8. The summed E-state index contributed by atoms with van der Waals surface area (Å²) >= 11 is 0. The second-order valence-electron chi connectivity index (χ2n) is 7.27. The minimum absolute atomic E-state index is 0.100. The van der Waals surface area contributed by atoms with Crippen LogP contribution in [0.5, 0.6) is 11.5 Å². The Morgan fingerprint density at radius 3 is 2.32 bits per heavy atom. The number of rotatable bonds is 8. The number of amides is 1. The highest BCUT2D eigenvalue weighted by atomic mass is 32.2. The van der Waals surface area contributed by atoms with Crippen molar-refractivity contribution in [2.24, 2.45) is 0 Å². The molecule has 0 spiro atoms. The molecule has 0 bridgehead atoms. The molecule has 1 atom stereocenters. The van der Waals surface area contributed by atoms with Crippen LogP contribution in [0, 0.1) is 0 Å². The third-order valence-corrected chi connectivity index (χ3v) is 7.03. The Balaban J connectivity index is 1.63. The average molecular weight is 449 g/mol. The number of morpholine rings is 1. The van der Waals surface area contributed by atoms with Gasteiger partial charge in [0.25, 0.3) is 5.91 Å². The summed E-state index contributed by atoms with van der Waals surface area (Å²) in [4.78, 5) is 12.6. The molecule has 1 heterocycles. The molecule has 31 heavy (non-hydrogen) atoms. The lowest BCUT2D eigenvalue weighted by atomic mass is 10.1. The topological polar surface area (TPSA) is 94.2 Å². The molecule has 9 heteroatoms. The van der Waals surface area contributed by atoms with Crippen molar-refractivity contribution in [1.29, 1.82) is 0 Å². The average Bonchev–Trinajstić information content (AvgIpc) is 2.79. The first-order chi connectivity index (χ1) is 14.8. The number of benzene rings is 2. The van der Waals surface area contributed by atoms with E-state index < -0.39 is 10.0 Å². The maximum atomic E-state index is 12.6. The predicted octanol–water partition coefficient (Wildman–Crippen LogP) is 2.36. The van der Waals surface area contributed by atoms with Gasteiger partial charge in [-0.25, -0.2) is 8.42 Å². The molecule has 3 rings (SSSR count). The van der Waals surface area contributed by atoms with Crippen molar-refractivity contribution in [3.05, 3.63) is 59.2 Å². The molecule has 168 valence electrons. The number of hydrogen-bond donors (Lipinski definition) is 1. The first-order valence-electron chi connectivity index (χ1n) is 10.0. The number of sulfonamides is 1. The lowest BCUT2D eigenvalue weighted by molar-refractivity contribution is 0.0729. The number of methoxy groups -OCH3 is 2. The Morgan fingerprint density at radius 1 is 1.06 bits per heavy atom. The van der Waals surface area contributed by atoms with Crippen molar-refractivity contribution >= 4 is 15.9 Å². The molecule has 1 N–H and O–H groups in total. The summed E-state index contributed by atoms with van der Waals surface area (Å²) in [6.45, 7) is 3.45. The quantitative estimate of drug-likeness (QED) is 0.666. The Bertz CT molecular complexity index is 1000. The Hall–Kier alpha value is -2.62. The Labute approximate surface area is 183 Å². The lowest BCUT2D eigenvalue weighted by Crippen LogP contribution is -2.41. The molecular formula is C22H28N2O6S. The number of ether oxygens (including phenoxy) is 3. The van der Waals surface area contributed by atoms with E-state index in [1.165, 1.54) is 4.31 Å². The normalized spacial score (nSPS) is 15.8. The SMILES string of the molecule is COc1ccc(C(C)NC(=O)c2ccc(CS(=O)(=O)N3CCOCC3)cc2)cc1OC. The van der Waals surface area contributed by atoms with Crippen LogP contribution < -0.4 is 14.8 Å². The van der Waals surface area contributed by atoms with E-state index in [2.05, 4.69) is 5.32 Å². The summed E-state index contributed by atoms with van der Waals surface area (Å²) in [5, 5.41) is 2.94. The van der Waals surface area contributed by atoms with Gasteiger partial charge in [0.15, 0.2) is 11.5 Å². The van der Waals surface area contributed by atoms with E-state index in [1.807, 2.05) is 19.1 Å². The van der Waals surface area contributed by atoms with Crippen molar-refractivity contribution in [2.75, 3.05) is 40.5 Å². The van der Waals surface area contributed by atoms with Crippen molar-refractivity contribution in [3.8, 4) is 11.5 Å². The van der Waals surface area contributed by atoms with Gasteiger partial charge in [-0.15, -0.1) is 0 Å². The van der Waals surface area contributed by atoms with Gasteiger partial charge in [-0.2, -0.15) is 4.31 Å². The largest absolute Gasteiger partial charge is 0.493 e. The summed E-state index contributed by atoms with van der Waals surface area (Å²) < 4.78 is 42.3. The molecule has 0 aromatic heterocycles. The number of nitrogens with one attached hydrogen (secondary N) is 1. The van der Waals surface area contributed by atoms with E-state index in [-0.39, 0.29) is 17.7 Å². The van der Waals surface area contributed by atoms with Gasteiger partial charge in [0.2, 0.25) is 10.0 Å². The molecule has 1 fully saturated rings. The van der Waals surface area contributed by atoms with E-state index in [0.717, 1.165) is 5.56 Å². The zero-order chi connectivity index (χ0) is 22.4. The van der Waals surface area contributed by atoms with E-state index in [0.29, 0.717) is 48.9 Å². The molecule has 8 nitrogen and oxygen atoms in total. The monoisotopic (exact) mass is 448 g/mol. The molecule has 1 aliphatic heterocycles. The minimum atomic E-state index is -3.41. The van der Waals surface area contributed by atoms with Crippen LogP contribution in [0.2, 0.25) is 0 Å². The number of hydrogen-bond acceptors (Lipinski definition) is 6. The van der Waals surface area contributed by atoms with Gasteiger partial charge in [0.05, 0.1) is 39.2 Å². The van der Waals surface area contributed by atoms with Crippen molar-refractivity contribution in [2.45, 2.75) is 18.7 Å². The third kappa shape index (κ3) is 5.75. The van der Waals surface area contributed by atoms with E-state index in [1.54, 1.807) is 44.6 Å². The van der Waals surface area contributed by atoms with Crippen LogP contribution in [0.3, 0.4) is 0 Å². The summed E-state index contributed by atoms with van der Waals surface area (Å²) in [7, 11) is -0.277. The van der Waals surface area contributed by atoms with Crippen LogP contribution in [0.25, 0.3) is 0 Å². The van der Waals surface area contributed by atoms with Gasteiger partial charge in [-0.05, 0) is 42.3 Å². The molecular weight excluding hydrogens is 420 g/mol. The van der Waals surface area contributed by atoms with Crippen LogP contribution >= 0.6 is 0 Å². The lowest BCUT2D eigenvalue weighted by Gasteiger charge is -2.26. The Morgan fingerprint density at radius 2 is 1.71 bits per heavy atom. The molecule has 0 saturated carbocycles. The van der Waals surface area contributed by atoms with E-state index in [4.69, 9.17) is 14.2 Å². The summed E-state index contributed by atoms with van der Waals surface area (Å²) in [5.41, 5.74) is 1.97. The first kappa shape index (κ1) is 23.1. The number of carbonyl (C=O) groups excluding carboxylic acids is 1. The highest BCUT2D eigenvalue weighted by molar-refractivity contribution is 7.88. The highest BCUT2D eigenvalue weighted by Crippen LogP contribution is 2.30. The second kappa shape index (κ2) is 10.1. The smallest absolute Gasteiger partial charge is 0.251 e. The standard InChI is InChI=1S/C22H28N2O6S/c1-16(19-8-9-20(28-2)21(14-19)29-3)23-22(25)18-6-4-17(5-7-18)15-31(26,27)24-10-12-30-13-11-24/h4-9,14,16H,10-13,15H2,1-3H3,(H,23,25). The molecule has 2 aromatic rings. The van der Waals surface area contributed by atoms with Crippen molar-refractivity contribution in [1.82, 2.24) is 9.62 Å². The van der Waals surface area contributed by atoms with Gasteiger partial charge in [-0.1, -0.05) is 18.2 Å². The number of carbonyl (C=O) groups is 1. The van der Waals surface area contributed by atoms with Crippen LogP contribution in [0.1, 0.15) is 34.5 Å². The van der Waals surface area contributed by atoms with E-state index >= 15 is 0 Å². The van der Waals surface area contributed by atoms with Gasteiger partial charge < -0.3 is 19.5 Å². The van der Waals surface area contributed by atoms with Gasteiger partial charge in [0, 0.05) is 18.7 Å². The van der Waals surface area contributed by atoms with Crippen molar-refractivity contribution in [3.63, 3.8) is 0 Å². The number of nitrogens with zero attached hydrogens (tertiary/aromatic N) is 1. The molecule has 1 unspecified atom stereocenters. The van der Waals surface area contributed by atoms with Crippen LogP contribution in [0.4, 0.5) is 0 Å². The van der Waals surface area contributed by atoms with Gasteiger partial charge in [0.1, 0.15) is 0 Å². The fraction of sp³-hybridized carbons (Fsp3) is 0.409. The fourth-order valence-electron chi connectivity index (χ4n) is 3.36. The zero-order valence-electron chi connectivity index (χ0n) is 18.0.